The SMILES string of the molecule is COCC1CCCN(C(=O)CNC(=O)CN)C1. The van der Waals surface area contributed by atoms with Crippen LogP contribution in [0.5, 0.6) is 0 Å². The van der Waals surface area contributed by atoms with E-state index in [-0.39, 0.29) is 24.9 Å². The largest absolute Gasteiger partial charge is 0.384 e. The van der Waals surface area contributed by atoms with E-state index in [1.54, 1.807) is 12.0 Å². The third kappa shape index (κ3) is 4.70. The molecule has 1 aliphatic heterocycles. The van der Waals surface area contributed by atoms with Crippen LogP contribution < -0.4 is 11.1 Å². The van der Waals surface area contributed by atoms with Gasteiger partial charge in [0.05, 0.1) is 19.7 Å². The number of likely N-dealkylation sites (tertiary alicyclic amines) is 1. The van der Waals surface area contributed by atoms with Gasteiger partial charge in [0, 0.05) is 20.2 Å². The van der Waals surface area contributed by atoms with Crippen LogP contribution in [0.4, 0.5) is 0 Å². The third-order valence-corrected chi connectivity index (χ3v) is 2.90. The number of carbonyl (C=O) groups is 2. The topological polar surface area (TPSA) is 84.7 Å². The zero-order chi connectivity index (χ0) is 12.7. The molecule has 1 fully saturated rings. The molecule has 0 aliphatic carbocycles. The molecular formula is C11H21N3O3. The van der Waals surface area contributed by atoms with Crippen LogP contribution >= 0.6 is 0 Å². The molecule has 0 bridgehead atoms. The minimum atomic E-state index is -0.302. The Kier molecular flexibility index (Phi) is 5.93. The molecule has 0 aromatic heterocycles. The highest BCUT2D eigenvalue weighted by Gasteiger charge is 2.23. The maximum absolute atomic E-state index is 11.8. The van der Waals surface area contributed by atoms with Crippen LogP contribution in [0.1, 0.15) is 12.8 Å². The molecule has 6 heteroatoms. The van der Waals surface area contributed by atoms with E-state index in [0.717, 1.165) is 19.4 Å². The molecule has 0 aromatic carbocycles. The lowest BCUT2D eigenvalue weighted by Crippen LogP contribution is -2.46. The van der Waals surface area contributed by atoms with Crippen LogP contribution in [0, 0.1) is 5.92 Å². The maximum atomic E-state index is 11.8. The molecule has 6 nitrogen and oxygen atoms in total. The number of carbonyl (C=O) groups excluding carboxylic acids is 2. The van der Waals surface area contributed by atoms with Gasteiger partial charge in [0.2, 0.25) is 11.8 Å². The average molecular weight is 243 g/mol. The van der Waals surface area contributed by atoms with Gasteiger partial charge in [0.15, 0.2) is 0 Å². The van der Waals surface area contributed by atoms with Crippen molar-refractivity contribution in [3.8, 4) is 0 Å². The molecule has 3 N–H and O–H groups in total. The van der Waals surface area contributed by atoms with Crippen LogP contribution in [0.3, 0.4) is 0 Å². The lowest BCUT2D eigenvalue weighted by molar-refractivity contribution is -0.134. The van der Waals surface area contributed by atoms with E-state index in [1.165, 1.54) is 0 Å². The van der Waals surface area contributed by atoms with Gasteiger partial charge in [-0.05, 0) is 18.8 Å². The first kappa shape index (κ1) is 13.9. The Morgan fingerprint density at radius 3 is 2.94 bits per heavy atom. The molecule has 1 saturated heterocycles. The maximum Gasteiger partial charge on any atom is 0.241 e. The first-order valence-electron chi connectivity index (χ1n) is 5.90. The quantitative estimate of drug-likeness (QED) is 0.645. The number of methoxy groups -OCH3 is 1. The number of ether oxygens (including phenoxy) is 1. The van der Waals surface area contributed by atoms with Crippen molar-refractivity contribution in [1.82, 2.24) is 10.2 Å². The zero-order valence-electron chi connectivity index (χ0n) is 10.3. The molecule has 0 spiro atoms. The van der Waals surface area contributed by atoms with E-state index >= 15 is 0 Å². The number of amides is 2. The van der Waals surface area contributed by atoms with Gasteiger partial charge in [-0.15, -0.1) is 0 Å². The Labute approximate surface area is 101 Å². The summed E-state index contributed by atoms with van der Waals surface area (Å²) in [6.07, 6.45) is 2.08. The van der Waals surface area contributed by atoms with Crippen LogP contribution in [0.15, 0.2) is 0 Å². The summed E-state index contributed by atoms with van der Waals surface area (Å²) in [5.74, 6) is 0.0549. The Balaban J connectivity index is 2.33. The van der Waals surface area contributed by atoms with E-state index in [4.69, 9.17) is 10.5 Å². The minimum absolute atomic E-state index is 0.0374. The van der Waals surface area contributed by atoms with Gasteiger partial charge >= 0.3 is 0 Å². The summed E-state index contributed by atoms with van der Waals surface area (Å²) < 4.78 is 5.10. The second-order valence-corrected chi connectivity index (χ2v) is 4.28. The zero-order valence-corrected chi connectivity index (χ0v) is 10.3. The van der Waals surface area contributed by atoms with Gasteiger partial charge in [-0.1, -0.05) is 0 Å². The summed E-state index contributed by atoms with van der Waals surface area (Å²) in [6, 6.07) is 0. The van der Waals surface area contributed by atoms with Gasteiger partial charge in [-0.3, -0.25) is 9.59 Å². The van der Waals surface area contributed by atoms with E-state index in [9.17, 15) is 9.59 Å². The molecule has 1 rings (SSSR count). The predicted molar refractivity (Wildman–Crippen MR) is 63.2 cm³/mol. The van der Waals surface area contributed by atoms with E-state index in [2.05, 4.69) is 5.32 Å². The molecule has 1 heterocycles. The molecule has 1 aliphatic rings. The summed E-state index contributed by atoms with van der Waals surface area (Å²) >= 11 is 0. The minimum Gasteiger partial charge on any atom is -0.384 e. The summed E-state index contributed by atoms with van der Waals surface area (Å²) in [5, 5.41) is 2.49. The normalized spacial score (nSPS) is 20.1. The predicted octanol–water partition coefficient (Wildman–Crippen LogP) is -1.05. The Hall–Kier alpha value is -1.14. The standard InChI is InChI=1S/C11H21N3O3/c1-17-8-9-3-2-4-14(7-9)11(16)6-13-10(15)5-12/h9H,2-8,12H2,1H3,(H,13,15). The van der Waals surface area contributed by atoms with Gasteiger partial charge in [-0.25, -0.2) is 0 Å². The van der Waals surface area contributed by atoms with E-state index < -0.39 is 0 Å². The number of rotatable bonds is 5. The highest BCUT2D eigenvalue weighted by molar-refractivity contribution is 5.85. The van der Waals surface area contributed by atoms with Gasteiger partial charge in [0.1, 0.15) is 0 Å². The fourth-order valence-corrected chi connectivity index (χ4v) is 2.02. The molecular weight excluding hydrogens is 222 g/mol. The number of nitrogens with one attached hydrogen (secondary N) is 1. The summed E-state index contributed by atoms with van der Waals surface area (Å²) in [4.78, 5) is 24.5. The Morgan fingerprint density at radius 2 is 2.29 bits per heavy atom. The van der Waals surface area contributed by atoms with Crippen molar-refractivity contribution in [3.05, 3.63) is 0 Å². The Bertz CT molecular complexity index is 269. The lowest BCUT2D eigenvalue weighted by atomic mass is 9.99. The molecule has 2 amide bonds. The smallest absolute Gasteiger partial charge is 0.241 e. The number of nitrogens with zero attached hydrogens (tertiary/aromatic N) is 1. The van der Waals surface area contributed by atoms with E-state index in [0.29, 0.717) is 19.1 Å². The van der Waals surface area contributed by atoms with Crippen LogP contribution in [-0.2, 0) is 14.3 Å². The van der Waals surface area contributed by atoms with Gasteiger partial charge < -0.3 is 20.7 Å². The Morgan fingerprint density at radius 1 is 1.53 bits per heavy atom. The second kappa shape index (κ2) is 7.24. The highest BCUT2D eigenvalue weighted by atomic mass is 16.5. The average Bonchev–Trinajstić information content (AvgIpc) is 2.36. The fourth-order valence-electron chi connectivity index (χ4n) is 2.02. The van der Waals surface area contributed by atoms with Crippen molar-refractivity contribution < 1.29 is 14.3 Å². The van der Waals surface area contributed by atoms with Crippen LogP contribution in [-0.4, -0.2) is 56.6 Å². The van der Waals surface area contributed by atoms with Gasteiger partial charge in [0.25, 0.3) is 0 Å². The summed E-state index contributed by atoms with van der Waals surface area (Å²) in [5.41, 5.74) is 5.14. The van der Waals surface area contributed by atoms with E-state index in [1.807, 2.05) is 0 Å². The summed E-state index contributed by atoms with van der Waals surface area (Å²) in [6.45, 7) is 2.11. The molecule has 0 radical (unpaired) electrons. The fraction of sp³-hybridized carbons (Fsp3) is 0.818. The first-order valence-corrected chi connectivity index (χ1v) is 5.90. The molecule has 17 heavy (non-hydrogen) atoms. The third-order valence-electron chi connectivity index (χ3n) is 2.90. The van der Waals surface area contributed by atoms with Crippen molar-refractivity contribution in [2.45, 2.75) is 12.8 Å². The molecule has 0 aromatic rings. The van der Waals surface area contributed by atoms with Crippen LogP contribution in [0.25, 0.3) is 0 Å². The molecule has 1 atom stereocenters. The van der Waals surface area contributed by atoms with Crippen molar-refractivity contribution in [2.24, 2.45) is 11.7 Å². The number of hydrogen-bond donors (Lipinski definition) is 2. The van der Waals surface area contributed by atoms with Gasteiger partial charge in [-0.2, -0.15) is 0 Å². The monoisotopic (exact) mass is 243 g/mol. The number of hydrogen-bond acceptors (Lipinski definition) is 4. The summed E-state index contributed by atoms with van der Waals surface area (Å²) in [7, 11) is 1.67. The highest BCUT2D eigenvalue weighted by Crippen LogP contribution is 2.16. The lowest BCUT2D eigenvalue weighted by Gasteiger charge is -2.32. The van der Waals surface area contributed by atoms with Crippen molar-refractivity contribution in [3.63, 3.8) is 0 Å². The molecule has 98 valence electrons. The molecule has 0 saturated carbocycles. The van der Waals surface area contributed by atoms with Crippen LogP contribution in [0.2, 0.25) is 0 Å². The second-order valence-electron chi connectivity index (χ2n) is 4.28. The first-order chi connectivity index (χ1) is 8.17. The van der Waals surface area contributed by atoms with Crippen molar-refractivity contribution in [2.75, 3.05) is 39.9 Å². The van der Waals surface area contributed by atoms with Crippen molar-refractivity contribution >= 4 is 11.8 Å². The number of nitrogens with two attached hydrogens (primary N) is 1. The molecule has 1 unspecified atom stereocenters. The van der Waals surface area contributed by atoms with Crippen molar-refractivity contribution in [1.29, 1.82) is 0 Å². The number of piperidine rings is 1.